The Balaban J connectivity index is 1.67. The molecule has 1 aliphatic rings. The van der Waals surface area contributed by atoms with Gasteiger partial charge in [-0.3, -0.25) is 9.88 Å². The largest absolute Gasteiger partial charge is 0.392 e. The second-order valence-corrected chi connectivity index (χ2v) is 6.23. The van der Waals surface area contributed by atoms with Gasteiger partial charge >= 0.3 is 0 Å². The first-order valence-corrected chi connectivity index (χ1v) is 8.36. The Morgan fingerprint density at radius 3 is 2.72 bits per heavy atom. The summed E-state index contributed by atoms with van der Waals surface area (Å²) in [6.07, 6.45) is 5.54. The van der Waals surface area contributed by atoms with Crippen LogP contribution < -0.4 is 4.90 Å². The van der Waals surface area contributed by atoms with E-state index in [1.54, 1.807) is 6.20 Å². The predicted octanol–water partition coefficient (Wildman–Crippen LogP) is 3.08. The van der Waals surface area contributed by atoms with Crippen molar-refractivity contribution in [3.05, 3.63) is 83.8 Å². The van der Waals surface area contributed by atoms with E-state index in [9.17, 15) is 5.11 Å². The highest BCUT2D eigenvalue weighted by molar-refractivity contribution is 5.64. The van der Waals surface area contributed by atoms with Crippen LogP contribution in [0.3, 0.4) is 0 Å². The van der Waals surface area contributed by atoms with E-state index in [0.29, 0.717) is 0 Å². The van der Waals surface area contributed by atoms with Gasteiger partial charge in [0.2, 0.25) is 0 Å². The molecular formula is C20H20N4O. The Morgan fingerprint density at radius 2 is 1.88 bits per heavy atom. The average molecular weight is 332 g/mol. The molecule has 0 saturated heterocycles. The first-order valence-electron chi connectivity index (χ1n) is 8.36. The molecule has 0 saturated carbocycles. The molecule has 3 heterocycles. The molecule has 25 heavy (non-hydrogen) atoms. The fourth-order valence-corrected chi connectivity index (χ4v) is 3.24. The zero-order valence-corrected chi connectivity index (χ0v) is 13.9. The smallest absolute Gasteiger partial charge is 0.138 e. The Hall–Kier alpha value is -2.76. The third kappa shape index (κ3) is 3.38. The van der Waals surface area contributed by atoms with E-state index in [1.165, 1.54) is 11.1 Å². The summed E-state index contributed by atoms with van der Waals surface area (Å²) >= 11 is 0. The zero-order chi connectivity index (χ0) is 17.1. The van der Waals surface area contributed by atoms with Crippen molar-refractivity contribution in [3.8, 4) is 0 Å². The Kier molecular flexibility index (Phi) is 4.41. The van der Waals surface area contributed by atoms with Crippen LogP contribution in [0.2, 0.25) is 0 Å². The monoisotopic (exact) mass is 332 g/mol. The lowest BCUT2D eigenvalue weighted by atomic mass is 10.1. The summed E-state index contributed by atoms with van der Waals surface area (Å²) < 4.78 is 0. The molecule has 0 atom stereocenters. The molecule has 0 amide bonds. The number of aliphatic hydroxyl groups excluding tert-OH is 1. The van der Waals surface area contributed by atoms with Crippen LogP contribution in [0.4, 0.5) is 11.5 Å². The van der Waals surface area contributed by atoms with E-state index in [1.807, 2.05) is 42.7 Å². The van der Waals surface area contributed by atoms with Crippen LogP contribution in [0.5, 0.6) is 0 Å². The Bertz CT molecular complexity index is 853. The van der Waals surface area contributed by atoms with Crippen molar-refractivity contribution in [2.75, 3.05) is 11.6 Å². The fourth-order valence-electron chi connectivity index (χ4n) is 3.24. The van der Waals surface area contributed by atoms with Gasteiger partial charge in [-0.15, -0.1) is 0 Å². The van der Waals surface area contributed by atoms with Crippen molar-refractivity contribution in [2.24, 2.45) is 0 Å². The molecule has 1 N–H and O–H groups in total. The Morgan fingerprint density at radius 1 is 1.00 bits per heavy atom. The lowest BCUT2D eigenvalue weighted by Crippen LogP contribution is -2.39. The summed E-state index contributed by atoms with van der Waals surface area (Å²) in [6, 6.07) is 16.2. The van der Waals surface area contributed by atoms with Crippen molar-refractivity contribution in [3.63, 3.8) is 0 Å². The van der Waals surface area contributed by atoms with Crippen molar-refractivity contribution in [2.45, 2.75) is 19.7 Å². The molecule has 5 heteroatoms. The van der Waals surface area contributed by atoms with E-state index in [0.717, 1.165) is 36.8 Å². The first kappa shape index (κ1) is 15.7. The average Bonchev–Trinajstić information content (AvgIpc) is 2.68. The molecule has 0 aliphatic carbocycles. The van der Waals surface area contributed by atoms with Crippen LogP contribution >= 0.6 is 0 Å². The third-order valence-electron chi connectivity index (χ3n) is 4.39. The number of pyridine rings is 2. The molecule has 4 rings (SSSR count). The van der Waals surface area contributed by atoms with Gasteiger partial charge in [-0.1, -0.05) is 24.3 Å². The van der Waals surface area contributed by atoms with Gasteiger partial charge in [-0.05, 0) is 35.4 Å². The minimum Gasteiger partial charge on any atom is -0.392 e. The van der Waals surface area contributed by atoms with E-state index in [-0.39, 0.29) is 6.61 Å². The van der Waals surface area contributed by atoms with Crippen molar-refractivity contribution < 1.29 is 5.11 Å². The van der Waals surface area contributed by atoms with Crippen molar-refractivity contribution in [1.29, 1.82) is 0 Å². The summed E-state index contributed by atoms with van der Waals surface area (Å²) in [4.78, 5) is 13.4. The number of fused-ring (bicyclic) bond motifs is 1. The molecule has 1 aromatic carbocycles. The summed E-state index contributed by atoms with van der Waals surface area (Å²) in [5.74, 6) is 0.986. The fraction of sp³-hybridized carbons (Fsp3) is 0.200. The number of rotatable bonds is 4. The maximum atomic E-state index is 9.45. The van der Waals surface area contributed by atoms with Crippen molar-refractivity contribution in [1.82, 2.24) is 14.9 Å². The molecule has 2 aromatic heterocycles. The molecule has 0 radical (unpaired) electrons. The van der Waals surface area contributed by atoms with Crippen molar-refractivity contribution >= 4 is 11.5 Å². The SMILES string of the molecule is OCc1cccc(N2CN(Cc3cccnc3)Cc3cccnc32)c1. The molecule has 0 unspecified atom stereocenters. The number of nitrogens with zero attached hydrogens (tertiary/aromatic N) is 4. The van der Waals surface area contributed by atoms with Gasteiger partial charge in [-0.25, -0.2) is 4.98 Å². The number of aromatic nitrogens is 2. The summed E-state index contributed by atoms with van der Waals surface area (Å²) in [7, 11) is 0. The maximum absolute atomic E-state index is 9.45. The van der Waals surface area contributed by atoms with Gasteiger partial charge in [0.25, 0.3) is 0 Å². The molecule has 1 aliphatic heterocycles. The van der Waals surface area contributed by atoms with Gasteiger partial charge in [0.1, 0.15) is 5.82 Å². The van der Waals surface area contributed by atoms with Crippen LogP contribution in [-0.4, -0.2) is 26.6 Å². The van der Waals surface area contributed by atoms with Gasteiger partial charge in [0, 0.05) is 42.9 Å². The van der Waals surface area contributed by atoms with E-state index < -0.39 is 0 Å². The third-order valence-corrected chi connectivity index (χ3v) is 4.39. The highest BCUT2D eigenvalue weighted by Gasteiger charge is 2.24. The van der Waals surface area contributed by atoms with Crippen LogP contribution in [0.15, 0.2) is 67.1 Å². The van der Waals surface area contributed by atoms with E-state index in [2.05, 4.69) is 38.0 Å². The normalized spacial score (nSPS) is 14.4. The zero-order valence-electron chi connectivity index (χ0n) is 13.9. The lowest BCUT2D eigenvalue weighted by Gasteiger charge is -2.37. The van der Waals surface area contributed by atoms with Crippen LogP contribution in [0.25, 0.3) is 0 Å². The van der Waals surface area contributed by atoms with Crippen LogP contribution in [0.1, 0.15) is 16.7 Å². The molecule has 3 aromatic rings. The first-order chi connectivity index (χ1) is 12.3. The summed E-state index contributed by atoms with van der Waals surface area (Å²) in [5.41, 5.74) is 4.34. The van der Waals surface area contributed by atoms with Crippen LogP contribution in [-0.2, 0) is 19.7 Å². The number of hydrogen-bond donors (Lipinski definition) is 1. The standard InChI is InChI=1S/C20H20N4O/c25-14-16-4-1-7-19(10-16)24-15-23(12-17-5-2-8-21-11-17)13-18-6-3-9-22-20(18)24/h1-11,25H,12-15H2. The highest BCUT2D eigenvalue weighted by Crippen LogP contribution is 2.32. The predicted molar refractivity (Wildman–Crippen MR) is 97.1 cm³/mol. The molecule has 0 fully saturated rings. The number of hydrogen-bond acceptors (Lipinski definition) is 5. The lowest BCUT2D eigenvalue weighted by molar-refractivity contribution is 0.250. The maximum Gasteiger partial charge on any atom is 0.138 e. The summed E-state index contributed by atoms with van der Waals surface area (Å²) in [5, 5.41) is 9.45. The van der Waals surface area contributed by atoms with Gasteiger partial charge in [0.15, 0.2) is 0 Å². The molecule has 0 bridgehead atoms. The number of benzene rings is 1. The number of anilines is 2. The minimum atomic E-state index is 0.0379. The second-order valence-electron chi connectivity index (χ2n) is 6.23. The molecule has 0 spiro atoms. The minimum absolute atomic E-state index is 0.0379. The Labute approximate surface area is 147 Å². The molecule has 5 nitrogen and oxygen atoms in total. The van der Waals surface area contributed by atoms with Gasteiger partial charge in [-0.2, -0.15) is 0 Å². The van der Waals surface area contributed by atoms with E-state index >= 15 is 0 Å². The van der Waals surface area contributed by atoms with E-state index in [4.69, 9.17) is 0 Å². The quantitative estimate of drug-likeness (QED) is 0.796. The summed E-state index contributed by atoms with van der Waals surface area (Å²) in [6.45, 7) is 2.47. The van der Waals surface area contributed by atoms with Gasteiger partial charge in [0.05, 0.1) is 13.3 Å². The second kappa shape index (κ2) is 7.01. The topological polar surface area (TPSA) is 52.5 Å². The van der Waals surface area contributed by atoms with Gasteiger partial charge < -0.3 is 10.0 Å². The molecular weight excluding hydrogens is 312 g/mol. The molecule has 126 valence electrons. The number of aliphatic hydroxyl groups is 1. The van der Waals surface area contributed by atoms with Crippen LogP contribution in [0, 0.1) is 0 Å². The highest BCUT2D eigenvalue weighted by atomic mass is 16.3.